The number of carbonyl (C=O) groups is 1. The monoisotopic (exact) mass is 411 g/mol. The smallest absolute Gasteiger partial charge is 0.315 e. The zero-order valence-corrected chi connectivity index (χ0v) is 18.3. The summed E-state index contributed by atoms with van der Waals surface area (Å²) in [5.74, 6) is 0.806. The predicted octanol–water partition coefficient (Wildman–Crippen LogP) is 4.44. The third-order valence-corrected chi connectivity index (χ3v) is 6.22. The van der Waals surface area contributed by atoms with Crippen LogP contribution in [0.2, 0.25) is 0 Å². The average molecular weight is 412 g/mol. The fourth-order valence-corrected chi connectivity index (χ4v) is 4.29. The predicted molar refractivity (Wildman–Crippen MR) is 121 cm³/mol. The van der Waals surface area contributed by atoms with E-state index in [4.69, 9.17) is 4.74 Å². The van der Waals surface area contributed by atoms with E-state index >= 15 is 0 Å². The Balaban J connectivity index is 1.56. The number of benzene rings is 2. The molecule has 0 spiro atoms. The number of rotatable bonds is 8. The molecular weight excluding hydrogens is 382 g/mol. The second-order valence-electron chi connectivity index (χ2n) is 7.43. The Morgan fingerprint density at radius 1 is 1.14 bits per heavy atom. The molecule has 154 valence electrons. The molecule has 2 aromatic carbocycles. The Morgan fingerprint density at radius 2 is 1.86 bits per heavy atom. The fourth-order valence-electron chi connectivity index (χ4n) is 3.32. The lowest BCUT2D eigenvalue weighted by molar-refractivity contribution is 0.229. The zero-order chi connectivity index (χ0) is 20.8. The maximum atomic E-state index is 12.4. The number of hydrogen-bond acceptors (Lipinski definition) is 4. The molecule has 1 heterocycles. The molecule has 0 fully saturated rings. The van der Waals surface area contributed by atoms with E-state index in [-0.39, 0.29) is 18.1 Å². The van der Waals surface area contributed by atoms with Gasteiger partial charge in [0.15, 0.2) is 0 Å². The first-order chi connectivity index (χ1) is 14.0. The van der Waals surface area contributed by atoms with E-state index in [0.717, 1.165) is 17.7 Å². The van der Waals surface area contributed by atoms with E-state index in [1.54, 1.807) is 18.4 Å². The highest BCUT2D eigenvalue weighted by Gasteiger charge is 2.17. The Hall–Kier alpha value is -2.57. The number of methoxy groups -OCH3 is 1. The number of nitrogens with zero attached hydrogens (tertiary/aromatic N) is 1. The molecule has 2 atom stereocenters. The Kier molecular flexibility index (Phi) is 7.12. The SMILES string of the molecule is COc1ccc(C(C)NC(=O)NCC(Cc2csc3ccccc23)N(C)C)cc1. The molecule has 6 heteroatoms. The number of fused-ring (bicyclic) bond motifs is 1. The minimum Gasteiger partial charge on any atom is -0.497 e. The minimum atomic E-state index is -0.157. The molecule has 0 aliphatic rings. The van der Waals surface area contributed by atoms with Gasteiger partial charge in [-0.25, -0.2) is 4.79 Å². The largest absolute Gasteiger partial charge is 0.497 e. The van der Waals surface area contributed by atoms with Gasteiger partial charge in [-0.2, -0.15) is 0 Å². The number of nitrogens with one attached hydrogen (secondary N) is 2. The van der Waals surface area contributed by atoms with Crippen LogP contribution >= 0.6 is 11.3 Å². The van der Waals surface area contributed by atoms with Gasteiger partial charge in [-0.05, 0) is 67.5 Å². The number of carbonyl (C=O) groups excluding carboxylic acids is 1. The molecule has 5 nitrogen and oxygen atoms in total. The van der Waals surface area contributed by atoms with Crippen LogP contribution in [0.25, 0.3) is 10.1 Å². The van der Waals surface area contributed by atoms with Crippen LogP contribution in [0.3, 0.4) is 0 Å². The van der Waals surface area contributed by atoms with Gasteiger partial charge < -0.3 is 20.3 Å². The maximum absolute atomic E-state index is 12.4. The number of hydrogen-bond donors (Lipinski definition) is 2. The lowest BCUT2D eigenvalue weighted by atomic mass is 10.0. The molecule has 2 unspecified atom stereocenters. The van der Waals surface area contributed by atoms with Crippen LogP contribution in [0.15, 0.2) is 53.9 Å². The van der Waals surface area contributed by atoms with E-state index < -0.39 is 0 Å². The van der Waals surface area contributed by atoms with Gasteiger partial charge in [-0.15, -0.1) is 11.3 Å². The van der Waals surface area contributed by atoms with Gasteiger partial charge in [0.25, 0.3) is 0 Å². The molecule has 3 aromatic rings. The lowest BCUT2D eigenvalue weighted by Crippen LogP contribution is -2.45. The first kappa shape index (κ1) is 21.1. The van der Waals surface area contributed by atoms with Crippen molar-refractivity contribution in [2.75, 3.05) is 27.7 Å². The highest BCUT2D eigenvalue weighted by Crippen LogP contribution is 2.27. The summed E-state index contributed by atoms with van der Waals surface area (Å²) < 4.78 is 6.49. The summed E-state index contributed by atoms with van der Waals surface area (Å²) in [4.78, 5) is 14.6. The number of thiophene rings is 1. The van der Waals surface area contributed by atoms with E-state index in [9.17, 15) is 4.79 Å². The van der Waals surface area contributed by atoms with Gasteiger partial charge in [0, 0.05) is 17.3 Å². The van der Waals surface area contributed by atoms with Crippen LogP contribution in [0.5, 0.6) is 5.75 Å². The summed E-state index contributed by atoms with van der Waals surface area (Å²) in [6, 6.07) is 16.2. The molecule has 0 aliphatic carbocycles. The highest BCUT2D eigenvalue weighted by molar-refractivity contribution is 7.17. The number of likely N-dealkylation sites (N-methyl/N-ethyl adjacent to an activating group) is 1. The maximum Gasteiger partial charge on any atom is 0.315 e. The van der Waals surface area contributed by atoms with Crippen LogP contribution in [0.1, 0.15) is 24.1 Å². The summed E-state index contributed by atoms with van der Waals surface area (Å²) in [6.45, 7) is 2.56. The Labute approximate surface area is 176 Å². The zero-order valence-electron chi connectivity index (χ0n) is 17.4. The molecule has 0 aliphatic heterocycles. The normalized spacial score (nSPS) is 13.3. The van der Waals surface area contributed by atoms with Crippen LogP contribution in [-0.2, 0) is 6.42 Å². The number of ether oxygens (including phenoxy) is 1. The van der Waals surface area contributed by atoms with E-state index in [1.165, 1.54) is 15.6 Å². The standard InChI is InChI=1S/C23H29N3O2S/c1-16(17-9-11-20(28-4)12-10-17)25-23(27)24-14-19(26(2)3)13-18-15-29-22-8-6-5-7-21(18)22/h5-12,15-16,19H,13-14H2,1-4H3,(H2,24,25,27). The first-order valence-corrected chi connectivity index (χ1v) is 10.7. The van der Waals surface area contributed by atoms with Crippen LogP contribution in [0, 0.1) is 0 Å². The van der Waals surface area contributed by atoms with Gasteiger partial charge >= 0.3 is 6.03 Å². The second-order valence-corrected chi connectivity index (χ2v) is 8.34. The van der Waals surface area contributed by atoms with E-state index in [2.05, 4.69) is 59.3 Å². The molecular formula is C23H29N3O2S. The van der Waals surface area contributed by atoms with Crippen molar-refractivity contribution in [2.45, 2.75) is 25.4 Å². The van der Waals surface area contributed by atoms with Crippen molar-refractivity contribution in [3.05, 3.63) is 65.0 Å². The molecule has 0 bridgehead atoms. The molecule has 2 amide bonds. The summed E-state index contributed by atoms with van der Waals surface area (Å²) in [5, 5.41) is 9.58. The third-order valence-electron chi connectivity index (χ3n) is 5.21. The summed E-state index contributed by atoms with van der Waals surface area (Å²) in [6.07, 6.45) is 0.894. The molecule has 2 N–H and O–H groups in total. The van der Waals surface area contributed by atoms with Crippen LogP contribution in [-0.4, -0.2) is 44.7 Å². The van der Waals surface area contributed by atoms with Crippen molar-refractivity contribution < 1.29 is 9.53 Å². The second kappa shape index (κ2) is 9.76. The molecule has 0 saturated carbocycles. The third kappa shape index (κ3) is 5.49. The van der Waals surface area contributed by atoms with Gasteiger partial charge in [0.1, 0.15) is 5.75 Å². The minimum absolute atomic E-state index is 0.0838. The molecule has 0 radical (unpaired) electrons. The Bertz CT molecular complexity index is 937. The lowest BCUT2D eigenvalue weighted by Gasteiger charge is -2.25. The Morgan fingerprint density at radius 3 is 2.55 bits per heavy atom. The topological polar surface area (TPSA) is 53.6 Å². The fraction of sp³-hybridized carbons (Fsp3) is 0.348. The van der Waals surface area contributed by atoms with Gasteiger partial charge in [0.05, 0.1) is 13.2 Å². The first-order valence-electron chi connectivity index (χ1n) is 9.77. The summed E-state index contributed by atoms with van der Waals surface area (Å²) >= 11 is 1.77. The van der Waals surface area contributed by atoms with Gasteiger partial charge in [-0.1, -0.05) is 30.3 Å². The molecule has 3 rings (SSSR count). The molecule has 29 heavy (non-hydrogen) atoms. The van der Waals surface area contributed by atoms with Crippen molar-refractivity contribution in [3.8, 4) is 5.75 Å². The summed E-state index contributed by atoms with van der Waals surface area (Å²) in [5.41, 5.74) is 2.37. The van der Waals surface area contributed by atoms with Crippen LogP contribution in [0.4, 0.5) is 4.79 Å². The van der Waals surface area contributed by atoms with Gasteiger partial charge in [0.2, 0.25) is 0 Å². The summed E-state index contributed by atoms with van der Waals surface area (Å²) in [7, 11) is 5.75. The molecule has 0 saturated heterocycles. The number of urea groups is 1. The van der Waals surface area contributed by atoms with Crippen molar-refractivity contribution in [3.63, 3.8) is 0 Å². The number of amides is 2. The average Bonchev–Trinajstić information content (AvgIpc) is 3.13. The highest BCUT2D eigenvalue weighted by atomic mass is 32.1. The quantitative estimate of drug-likeness (QED) is 0.576. The van der Waals surface area contributed by atoms with Crippen molar-refractivity contribution in [1.29, 1.82) is 0 Å². The van der Waals surface area contributed by atoms with Crippen molar-refractivity contribution >= 4 is 27.5 Å². The van der Waals surface area contributed by atoms with Gasteiger partial charge in [-0.3, -0.25) is 0 Å². The van der Waals surface area contributed by atoms with Crippen molar-refractivity contribution in [1.82, 2.24) is 15.5 Å². The van der Waals surface area contributed by atoms with Crippen LogP contribution < -0.4 is 15.4 Å². The molecule has 1 aromatic heterocycles. The van der Waals surface area contributed by atoms with Crippen molar-refractivity contribution in [2.24, 2.45) is 0 Å². The van der Waals surface area contributed by atoms with E-state index in [1.807, 2.05) is 31.2 Å². The van der Waals surface area contributed by atoms with E-state index in [0.29, 0.717) is 6.54 Å².